The molecule has 3 N–H and O–H groups in total. The quantitative estimate of drug-likeness (QED) is 0.793. The fraction of sp³-hybridized carbons (Fsp3) is 0.467. The molecule has 0 saturated heterocycles. The fourth-order valence-corrected chi connectivity index (χ4v) is 2.89. The third-order valence-corrected chi connectivity index (χ3v) is 4.19. The molecule has 112 valence electrons. The second-order valence-electron chi connectivity index (χ2n) is 5.80. The topological polar surface area (TPSA) is 82.9 Å². The van der Waals surface area contributed by atoms with Crippen molar-refractivity contribution in [3.8, 4) is 0 Å². The van der Waals surface area contributed by atoms with E-state index in [1.165, 1.54) is 0 Å². The normalized spacial score (nSPS) is 22.6. The van der Waals surface area contributed by atoms with Gasteiger partial charge in [0.25, 0.3) is 5.91 Å². The molecule has 3 rings (SSSR count). The van der Waals surface area contributed by atoms with E-state index in [1.54, 1.807) is 23.1 Å². The number of nitrogens with zero attached hydrogens (tertiary/aromatic N) is 2. The maximum atomic E-state index is 12.4. The van der Waals surface area contributed by atoms with Crippen molar-refractivity contribution in [1.29, 1.82) is 0 Å². The van der Waals surface area contributed by atoms with Gasteiger partial charge in [-0.05, 0) is 31.7 Å². The first-order valence-corrected chi connectivity index (χ1v) is 7.16. The lowest BCUT2D eigenvalue weighted by Crippen LogP contribution is -2.41. The van der Waals surface area contributed by atoms with Gasteiger partial charge in [0, 0.05) is 30.7 Å². The van der Waals surface area contributed by atoms with Gasteiger partial charge >= 0.3 is 0 Å². The minimum atomic E-state index is -0.250. The molecule has 0 bridgehead atoms. The highest BCUT2D eigenvalue weighted by Crippen LogP contribution is 2.38. The average molecular weight is 288 g/mol. The minimum absolute atomic E-state index is 0.0935. The van der Waals surface area contributed by atoms with Crippen LogP contribution in [0.4, 0.5) is 0 Å². The zero-order valence-electron chi connectivity index (χ0n) is 12.2. The second-order valence-corrected chi connectivity index (χ2v) is 5.80. The Morgan fingerprint density at radius 1 is 1.57 bits per heavy atom. The van der Waals surface area contributed by atoms with Gasteiger partial charge in [0.1, 0.15) is 0 Å². The summed E-state index contributed by atoms with van der Waals surface area (Å²) in [6.45, 7) is 1.88. The molecule has 2 aromatic rings. The largest absolute Gasteiger partial charge is 0.393 e. The Kier molecular flexibility index (Phi) is 3.55. The molecule has 1 fully saturated rings. The van der Waals surface area contributed by atoms with Crippen LogP contribution in [0, 0.1) is 12.8 Å². The molecular formula is C15H20N4O2. The van der Waals surface area contributed by atoms with Gasteiger partial charge in [0.05, 0.1) is 23.9 Å². The molecule has 1 saturated carbocycles. The molecule has 1 aliphatic carbocycles. The van der Waals surface area contributed by atoms with Gasteiger partial charge in [0.2, 0.25) is 0 Å². The zero-order chi connectivity index (χ0) is 15.0. The van der Waals surface area contributed by atoms with Crippen LogP contribution in [0.5, 0.6) is 0 Å². The first kappa shape index (κ1) is 13.9. The molecular weight excluding hydrogens is 268 g/mol. The molecule has 1 aliphatic rings. The van der Waals surface area contributed by atoms with E-state index in [1.807, 2.05) is 20.2 Å². The van der Waals surface area contributed by atoms with Gasteiger partial charge in [0.15, 0.2) is 0 Å². The molecule has 21 heavy (non-hydrogen) atoms. The van der Waals surface area contributed by atoms with Crippen LogP contribution in [0.25, 0.3) is 0 Å². The number of carbonyl (C=O) groups excluding carboxylic acids is 1. The molecule has 2 heterocycles. The summed E-state index contributed by atoms with van der Waals surface area (Å²) in [5.74, 6) is 0.163. The van der Waals surface area contributed by atoms with Crippen molar-refractivity contribution >= 4 is 5.91 Å². The van der Waals surface area contributed by atoms with Crippen molar-refractivity contribution in [2.75, 3.05) is 0 Å². The SMILES string of the molecule is Cc1[nH]ccc1C(=O)NC(c1cnn(C)c1)C1CC(O)C1. The first-order valence-electron chi connectivity index (χ1n) is 7.16. The second kappa shape index (κ2) is 5.37. The first-order chi connectivity index (χ1) is 10.0. The molecule has 1 unspecified atom stereocenters. The van der Waals surface area contributed by atoms with Crippen LogP contribution in [0.15, 0.2) is 24.7 Å². The Labute approximate surface area is 123 Å². The number of hydrogen-bond donors (Lipinski definition) is 3. The Morgan fingerprint density at radius 2 is 2.33 bits per heavy atom. The molecule has 0 radical (unpaired) electrons. The smallest absolute Gasteiger partial charge is 0.253 e. The number of aromatic nitrogens is 3. The number of nitrogens with one attached hydrogen (secondary N) is 2. The van der Waals surface area contributed by atoms with Crippen LogP contribution in [0.1, 0.15) is 40.5 Å². The summed E-state index contributed by atoms with van der Waals surface area (Å²) in [5, 5.41) is 16.8. The Hall–Kier alpha value is -2.08. The predicted molar refractivity (Wildman–Crippen MR) is 77.7 cm³/mol. The monoisotopic (exact) mass is 288 g/mol. The van der Waals surface area contributed by atoms with E-state index in [0.717, 1.165) is 11.3 Å². The number of amides is 1. The molecule has 0 aromatic carbocycles. The number of aromatic amines is 1. The van der Waals surface area contributed by atoms with E-state index in [2.05, 4.69) is 15.4 Å². The van der Waals surface area contributed by atoms with Crippen LogP contribution in [0.3, 0.4) is 0 Å². The standard InChI is InChI=1S/C15H20N4O2/c1-9-13(3-4-16-9)15(21)18-14(10-5-12(20)6-10)11-7-17-19(2)8-11/h3-4,7-8,10,12,14,16,20H,5-6H2,1-2H3,(H,18,21). The van der Waals surface area contributed by atoms with Crippen molar-refractivity contribution in [1.82, 2.24) is 20.1 Å². The van der Waals surface area contributed by atoms with Gasteiger partial charge in [-0.2, -0.15) is 5.10 Å². The summed E-state index contributed by atoms with van der Waals surface area (Å²) in [7, 11) is 1.86. The number of hydrogen-bond acceptors (Lipinski definition) is 3. The van der Waals surface area contributed by atoms with Crippen molar-refractivity contribution in [3.05, 3.63) is 41.5 Å². The molecule has 2 aromatic heterocycles. The highest BCUT2D eigenvalue weighted by atomic mass is 16.3. The summed E-state index contributed by atoms with van der Waals surface area (Å²) in [4.78, 5) is 15.4. The summed E-state index contributed by atoms with van der Waals surface area (Å²) in [5.41, 5.74) is 2.49. The minimum Gasteiger partial charge on any atom is -0.393 e. The number of carbonyl (C=O) groups is 1. The van der Waals surface area contributed by atoms with E-state index in [0.29, 0.717) is 18.4 Å². The van der Waals surface area contributed by atoms with Crippen molar-refractivity contribution < 1.29 is 9.90 Å². The van der Waals surface area contributed by atoms with E-state index in [4.69, 9.17) is 0 Å². The van der Waals surface area contributed by atoms with Crippen LogP contribution < -0.4 is 5.32 Å². The van der Waals surface area contributed by atoms with E-state index in [-0.39, 0.29) is 24.0 Å². The summed E-state index contributed by atoms with van der Waals surface area (Å²) in [6, 6.07) is 1.67. The number of aliphatic hydroxyl groups excluding tert-OH is 1. The van der Waals surface area contributed by atoms with E-state index < -0.39 is 0 Å². The Bertz CT molecular complexity index is 640. The Balaban J connectivity index is 1.79. The summed E-state index contributed by atoms with van der Waals surface area (Å²) in [6.07, 6.45) is 6.63. The lowest BCUT2D eigenvalue weighted by molar-refractivity contribution is 0.0235. The Morgan fingerprint density at radius 3 is 2.86 bits per heavy atom. The van der Waals surface area contributed by atoms with Gasteiger partial charge in [-0.25, -0.2) is 0 Å². The molecule has 0 spiro atoms. The molecule has 6 nitrogen and oxygen atoms in total. The van der Waals surface area contributed by atoms with E-state index >= 15 is 0 Å². The fourth-order valence-electron chi connectivity index (χ4n) is 2.89. The molecule has 6 heteroatoms. The molecule has 1 atom stereocenters. The van der Waals surface area contributed by atoms with Crippen molar-refractivity contribution in [2.45, 2.75) is 31.9 Å². The third-order valence-electron chi connectivity index (χ3n) is 4.19. The number of H-pyrrole nitrogens is 1. The highest BCUT2D eigenvalue weighted by Gasteiger charge is 2.36. The van der Waals surface area contributed by atoms with Gasteiger partial charge in [-0.1, -0.05) is 0 Å². The zero-order valence-corrected chi connectivity index (χ0v) is 12.2. The van der Waals surface area contributed by atoms with Gasteiger partial charge in [-0.3, -0.25) is 9.48 Å². The lowest BCUT2D eigenvalue weighted by Gasteiger charge is -2.37. The maximum absolute atomic E-state index is 12.4. The predicted octanol–water partition coefficient (Wildman–Crippen LogP) is 1.30. The van der Waals surface area contributed by atoms with Crippen molar-refractivity contribution in [2.24, 2.45) is 13.0 Å². The summed E-state index contributed by atoms with van der Waals surface area (Å²) >= 11 is 0. The number of aryl methyl sites for hydroxylation is 2. The van der Waals surface area contributed by atoms with Gasteiger partial charge < -0.3 is 15.4 Å². The van der Waals surface area contributed by atoms with Crippen LogP contribution in [-0.4, -0.2) is 31.9 Å². The lowest BCUT2D eigenvalue weighted by atomic mass is 9.75. The third kappa shape index (κ3) is 2.71. The molecule has 1 amide bonds. The maximum Gasteiger partial charge on any atom is 0.253 e. The highest BCUT2D eigenvalue weighted by molar-refractivity contribution is 5.95. The number of aliphatic hydroxyl groups is 1. The summed E-state index contributed by atoms with van der Waals surface area (Å²) < 4.78 is 1.73. The average Bonchev–Trinajstić information content (AvgIpc) is 3.01. The number of rotatable bonds is 4. The van der Waals surface area contributed by atoms with Crippen LogP contribution in [-0.2, 0) is 7.05 Å². The van der Waals surface area contributed by atoms with Crippen LogP contribution in [0.2, 0.25) is 0 Å². The van der Waals surface area contributed by atoms with Gasteiger partial charge in [-0.15, -0.1) is 0 Å². The van der Waals surface area contributed by atoms with Crippen molar-refractivity contribution in [3.63, 3.8) is 0 Å². The van der Waals surface area contributed by atoms with Crippen LogP contribution >= 0.6 is 0 Å². The molecule has 0 aliphatic heterocycles. The van der Waals surface area contributed by atoms with E-state index in [9.17, 15) is 9.90 Å².